The maximum Gasteiger partial charge on any atom is 0.317 e. The Labute approximate surface area is 161 Å². The minimum atomic E-state index is -0.0185. The van der Waals surface area contributed by atoms with Gasteiger partial charge in [-0.1, -0.05) is 53.4 Å². The molecule has 0 aromatic heterocycles. The predicted molar refractivity (Wildman–Crippen MR) is 110 cm³/mol. The average Bonchev–Trinajstić information content (AvgIpc) is 2.65. The van der Waals surface area contributed by atoms with Crippen LogP contribution in [0.15, 0.2) is 0 Å². The van der Waals surface area contributed by atoms with Gasteiger partial charge in [0.25, 0.3) is 0 Å². The number of hydrogen-bond acceptors (Lipinski definition) is 2. The fourth-order valence-corrected chi connectivity index (χ4v) is 2.59. The van der Waals surface area contributed by atoms with Gasteiger partial charge in [-0.05, 0) is 25.7 Å². The summed E-state index contributed by atoms with van der Waals surface area (Å²) in [7, 11) is 0. The first-order valence-electron chi connectivity index (χ1n) is 10.7. The van der Waals surface area contributed by atoms with Crippen LogP contribution in [-0.2, 0) is 0 Å². The second kappa shape index (κ2) is 17.0. The Morgan fingerprint density at radius 3 is 1.08 bits per heavy atom. The van der Waals surface area contributed by atoms with Gasteiger partial charge in [0.05, 0.1) is 0 Å². The summed E-state index contributed by atoms with van der Waals surface area (Å²) < 4.78 is 0. The van der Waals surface area contributed by atoms with E-state index in [0.717, 1.165) is 77.5 Å². The molecular formula is C20H42N4O2. The summed E-state index contributed by atoms with van der Waals surface area (Å²) in [5, 5.41) is 5.87. The highest BCUT2D eigenvalue weighted by Gasteiger charge is 2.13. The number of rotatable bonds is 15. The molecule has 0 aromatic carbocycles. The Kier molecular flexibility index (Phi) is 16.0. The first kappa shape index (κ1) is 24.5. The molecule has 0 aliphatic rings. The molecule has 0 aliphatic heterocycles. The predicted octanol–water partition coefficient (Wildman–Crippen LogP) is 4.21. The molecule has 0 saturated heterocycles. The molecule has 0 unspecified atom stereocenters. The number of hydrogen-bond donors (Lipinski definition) is 2. The van der Waals surface area contributed by atoms with E-state index in [4.69, 9.17) is 0 Å². The zero-order chi connectivity index (χ0) is 19.6. The van der Waals surface area contributed by atoms with E-state index in [-0.39, 0.29) is 12.1 Å². The van der Waals surface area contributed by atoms with E-state index in [0.29, 0.717) is 13.1 Å². The summed E-state index contributed by atoms with van der Waals surface area (Å²) >= 11 is 0. The van der Waals surface area contributed by atoms with Crippen molar-refractivity contribution in [2.75, 3.05) is 39.3 Å². The van der Waals surface area contributed by atoms with Crippen LogP contribution < -0.4 is 10.6 Å². The summed E-state index contributed by atoms with van der Waals surface area (Å²) in [5.41, 5.74) is 0. The Hall–Kier alpha value is -1.46. The fourth-order valence-electron chi connectivity index (χ4n) is 2.59. The molecule has 4 amide bonds. The molecule has 0 bridgehead atoms. The lowest BCUT2D eigenvalue weighted by molar-refractivity contribution is 0.191. The van der Waals surface area contributed by atoms with Gasteiger partial charge in [-0.25, -0.2) is 9.59 Å². The summed E-state index contributed by atoms with van der Waals surface area (Å²) in [6.07, 6.45) is 8.42. The van der Waals surface area contributed by atoms with Gasteiger partial charge >= 0.3 is 12.1 Å². The monoisotopic (exact) mass is 370 g/mol. The molecule has 6 nitrogen and oxygen atoms in total. The molecule has 26 heavy (non-hydrogen) atoms. The van der Waals surface area contributed by atoms with Crippen molar-refractivity contribution in [1.82, 2.24) is 20.4 Å². The lowest BCUT2D eigenvalue weighted by Gasteiger charge is -2.24. The lowest BCUT2D eigenvalue weighted by Crippen LogP contribution is -2.46. The fraction of sp³-hybridized carbons (Fsp3) is 0.900. The molecule has 0 fully saturated rings. The molecule has 0 aliphatic carbocycles. The van der Waals surface area contributed by atoms with Gasteiger partial charge in [0, 0.05) is 39.3 Å². The Bertz CT molecular complexity index is 314. The highest BCUT2D eigenvalue weighted by Crippen LogP contribution is 2.01. The van der Waals surface area contributed by atoms with Crippen molar-refractivity contribution in [3.63, 3.8) is 0 Å². The second-order valence-electron chi connectivity index (χ2n) is 6.85. The number of nitrogens with one attached hydrogen (secondary N) is 2. The first-order valence-corrected chi connectivity index (χ1v) is 10.7. The lowest BCUT2D eigenvalue weighted by atomic mass is 10.3. The van der Waals surface area contributed by atoms with Gasteiger partial charge in [-0.3, -0.25) is 0 Å². The Balaban J connectivity index is 4.20. The van der Waals surface area contributed by atoms with Gasteiger partial charge in [0.15, 0.2) is 0 Å². The number of unbranched alkanes of at least 4 members (excludes halogenated alkanes) is 4. The molecule has 2 N–H and O–H groups in total. The van der Waals surface area contributed by atoms with E-state index < -0.39 is 0 Å². The molecule has 0 saturated carbocycles. The van der Waals surface area contributed by atoms with E-state index >= 15 is 0 Å². The molecule has 0 heterocycles. The first-order chi connectivity index (χ1) is 12.6. The van der Waals surface area contributed by atoms with Crippen LogP contribution in [0.1, 0.15) is 79.1 Å². The van der Waals surface area contributed by atoms with Gasteiger partial charge in [-0.15, -0.1) is 0 Å². The standard InChI is InChI=1S/C20H42N4O2/c1-5-9-15-23(16-10-6-2)19(25)21-13-14-22-20(26)24(17-11-7-3)18-12-8-4/h5-18H2,1-4H3,(H,21,25)(H,22,26). The molecule has 0 radical (unpaired) electrons. The minimum Gasteiger partial charge on any atom is -0.336 e. The minimum absolute atomic E-state index is 0.0185. The van der Waals surface area contributed by atoms with Crippen LogP contribution in [-0.4, -0.2) is 61.1 Å². The summed E-state index contributed by atoms with van der Waals surface area (Å²) in [5.74, 6) is 0. The van der Waals surface area contributed by atoms with Crippen LogP contribution in [0.4, 0.5) is 9.59 Å². The topological polar surface area (TPSA) is 64.7 Å². The Morgan fingerprint density at radius 1 is 0.577 bits per heavy atom. The SMILES string of the molecule is CCCCN(CCCC)C(=O)NCCNC(=O)N(CCCC)CCCC. The maximum absolute atomic E-state index is 12.3. The summed E-state index contributed by atoms with van der Waals surface area (Å²) in [6, 6.07) is -0.0371. The largest absolute Gasteiger partial charge is 0.336 e. The highest BCUT2D eigenvalue weighted by atomic mass is 16.2. The van der Waals surface area contributed by atoms with Crippen molar-refractivity contribution in [3.05, 3.63) is 0 Å². The third kappa shape index (κ3) is 12.0. The van der Waals surface area contributed by atoms with Crippen LogP contribution in [0, 0.1) is 0 Å². The van der Waals surface area contributed by atoms with Crippen molar-refractivity contribution in [2.24, 2.45) is 0 Å². The number of nitrogens with zero attached hydrogens (tertiary/aromatic N) is 2. The maximum atomic E-state index is 12.3. The van der Waals surface area contributed by atoms with Crippen molar-refractivity contribution in [1.29, 1.82) is 0 Å². The van der Waals surface area contributed by atoms with Crippen LogP contribution in [0.25, 0.3) is 0 Å². The Morgan fingerprint density at radius 2 is 0.846 bits per heavy atom. The van der Waals surface area contributed by atoms with Crippen LogP contribution >= 0.6 is 0 Å². The number of carbonyl (C=O) groups excluding carboxylic acids is 2. The molecule has 0 aromatic rings. The third-order valence-corrected chi connectivity index (χ3v) is 4.38. The number of amides is 4. The van der Waals surface area contributed by atoms with Crippen molar-refractivity contribution < 1.29 is 9.59 Å². The van der Waals surface area contributed by atoms with E-state index in [1.54, 1.807) is 0 Å². The van der Waals surface area contributed by atoms with Crippen molar-refractivity contribution in [3.8, 4) is 0 Å². The number of carbonyl (C=O) groups is 2. The van der Waals surface area contributed by atoms with Crippen LogP contribution in [0.5, 0.6) is 0 Å². The van der Waals surface area contributed by atoms with E-state index in [2.05, 4.69) is 38.3 Å². The number of urea groups is 2. The summed E-state index contributed by atoms with van der Waals surface area (Å²) in [6.45, 7) is 12.7. The molecule has 0 atom stereocenters. The van der Waals surface area contributed by atoms with Gasteiger partial charge in [0.2, 0.25) is 0 Å². The quantitative estimate of drug-likeness (QED) is 0.424. The molecule has 6 heteroatoms. The third-order valence-electron chi connectivity index (χ3n) is 4.38. The van der Waals surface area contributed by atoms with Crippen LogP contribution in [0.3, 0.4) is 0 Å². The zero-order valence-corrected chi connectivity index (χ0v) is 17.6. The summed E-state index contributed by atoms with van der Waals surface area (Å²) in [4.78, 5) is 28.4. The normalized spacial score (nSPS) is 10.5. The molecule has 0 rings (SSSR count). The molecule has 154 valence electrons. The van der Waals surface area contributed by atoms with Gasteiger partial charge in [-0.2, -0.15) is 0 Å². The van der Waals surface area contributed by atoms with E-state index in [1.165, 1.54) is 0 Å². The zero-order valence-electron chi connectivity index (χ0n) is 17.6. The van der Waals surface area contributed by atoms with Gasteiger partial charge < -0.3 is 20.4 Å². The second-order valence-corrected chi connectivity index (χ2v) is 6.85. The van der Waals surface area contributed by atoms with Crippen molar-refractivity contribution in [2.45, 2.75) is 79.1 Å². The van der Waals surface area contributed by atoms with Crippen molar-refractivity contribution >= 4 is 12.1 Å². The van der Waals surface area contributed by atoms with Crippen LogP contribution in [0.2, 0.25) is 0 Å². The molecule has 0 spiro atoms. The average molecular weight is 371 g/mol. The smallest absolute Gasteiger partial charge is 0.317 e. The van der Waals surface area contributed by atoms with Gasteiger partial charge in [0.1, 0.15) is 0 Å². The molecular weight excluding hydrogens is 328 g/mol. The van der Waals surface area contributed by atoms with E-state index in [9.17, 15) is 9.59 Å². The highest BCUT2D eigenvalue weighted by molar-refractivity contribution is 5.75. The van der Waals surface area contributed by atoms with E-state index in [1.807, 2.05) is 9.80 Å².